The number of thioether (sulfide) groups is 1. The molecule has 4 rings (SSSR count). The van der Waals surface area contributed by atoms with E-state index in [0.717, 1.165) is 22.1 Å². The number of amides is 1. The normalized spacial score (nSPS) is 19.0. The second-order valence-corrected chi connectivity index (χ2v) is 9.32. The lowest BCUT2D eigenvalue weighted by molar-refractivity contribution is -0.116. The number of carbonyl (C=O) groups excluding carboxylic acids is 1. The van der Waals surface area contributed by atoms with E-state index in [2.05, 4.69) is 43.4 Å². The first kappa shape index (κ1) is 16.9. The first-order chi connectivity index (χ1) is 12.1. The molecule has 2 aromatic rings. The van der Waals surface area contributed by atoms with E-state index < -0.39 is 0 Å². The number of thiophene rings is 1. The third-order valence-corrected chi connectivity index (χ3v) is 7.34. The highest BCUT2D eigenvalue weighted by atomic mass is 32.2. The van der Waals surface area contributed by atoms with Crippen LogP contribution in [-0.2, 0) is 29.9 Å². The molecule has 2 heterocycles. The zero-order valence-electron chi connectivity index (χ0n) is 14.7. The van der Waals surface area contributed by atoms with Crippen molar-refractivity contribution >= 4 is 35.1 Å². The van der Waals surface area contributed by atoms with Gasteiger partial charge >= 0.3 is 0 Å². The molecule has 0 spiro atoms. The highest BCUT2D eigenvalue weighted by Crippen LogP contribution is 2.43. The summed E-state index contributed by atoms with van der Waals surface area (Å²) >= 11 is 3.60. The first-order valence-corrected chi connectivity index (χ1v) is 10.7. The third kappa shape index (κ3) is 3.56. The molecule has 1 amide bonds. The second-order valence-electron chi connectivity index (χ2n) is 7.16. The largest absolute Gasteiger partial charge is 0.348 e. The highest BCUT2D eigenvalue weighted by Gasteiger charge is 2.26. The highest BCUT2D eigenvalue weighted by molar-refractivity contribution is 8.03. The maximum atomic E-state index is 12.6. The first-order valence-electron chi connectivity index (χ1n) is 8.92. The van der Waals surface area contributed by atoms with Gasteiger partial charge in [-0.05, 0) is 54.9 Å². The number of fused-ring (bicyclic) bond motifs is 3. The van der Waals surface area contributed by atoms with Gasteiger partial charge in [0.25, 0.3) is 5.91 Å². The van der Waals surface area contributed by atoms with Crippen LogP contribution >= 0.6 is 23.1 Å². The Hall–Kier alpha value is -1.52. The summed E-state index contributed by atoms with van der Waals surface area (Å²) in [6.45, 7) is 5.01. The van der Waals surface area contributed by atoms with Crippen molar-refractivity contribution < 1.29 is 4.79 Å². The van der Waals surface area contributed by atoms with Crippen LogP contribution in [0.4, 0.5) is 0 Å². The molecule has 1 aromatic heterocycles. The van der Waals surface area contributed by atoms with Gasteiger partial charge in [0.15, 0.2) is 0 Å². The Morgan fingerprint density at radius 3 is 3.04 bits per heavy atom. The van der Waals surface area contributed by atoms with Gasteiger partial charge in [-0.2, -0.15) is 0 Å². The zero-order chi connectivity index (χ0) is 17.4. The third-order valence-electron chi connectivity index (χ3n) is 5.05. The maximum Gasteiger partial charge on any atom is 0.258 e. The van der Waals surface area contributed by atoms with E-state index in [4.69, 9.17) is 0 Å². The molecule has 2 aliphatic rings. The summed E-state index contributed by atoms with van der Waals surface area (Å²) in [7, 11) is 0. The molecular formula is C21H23NOS2. The van der Waals surface area contributed by atoms with Gasteiger partial charge in [0.1, 0.15) is 0 Å². The molecule has 0 saturated heterocycles. The summed E-state index contributed by atoms with van der Waals surface area (Å²) in [6.07, 6.45) is 5.84. The quantitative estimate of drug-likeness (QED) is 0.817. The Morgan fingerprint density at radius 1 is 1.32 bits per heavy atom. The van der Waals surface area contributed by atoms with E-state index in [1.165, 1.54) is 35.3 Å². The van der Waals surface area contributed by atoms with E-state index in [9.17, 15) is 4.79 Å². The van der Waals surface area contributed by atoms with Crippen LogP contribution in [0.3, 0.4) is 0 Å². The van der Waals surface area contributed by atoms with Gasteiger partial charge < -0.3 is 5.32 Å². The van der Waals surface area contributed by atoms with Crippen LogP contribution in [0.1, 0.15) is 45.4 Å². The van der Waals surface area contributed by atoms with E-state index in [1.807, 2.05) is 17.4 Å². The zero-order valence-corrected chi connectivity index (χ0v) is 16.4. The molecule has 0 fully saturated rings. The van der Waals surface area contributed by atoms with Gasteiger partial charge in [-0.1, -0.05) is 36.8 Å². The predicted octanol–water partition coefficient (Wildman–Crippen LogP) is 5.09. The second kappa shape index (κ2) is 7.00. The van der Waals surface area contributed by atoms with Gasteiger partial charge in [-0.25, -0.2) is 0 Å². The van der Waals surface area contributed by atoms with Crippen molar-refractivity contribution in [3.05, 3.63) is 61.2 Å². The summed E-state index contributed by atoms with van der Waals surface area (Å²) in [5, 5.41) is 3.07. The monoisotopic (exact) mass is 369 g/mol. The molecule has 2 nitrogen and oxygen atoms in total. The van der Waals surface area contributed by atoms with Crippen molar-refractivity contribution in [2.45, 2.75) is 45.4 Å². The van der Waals surface area contributed by atoms with Gasteiger partial charge in [0.2, 0.25) is 0 Å². The summed E-state index contributed by atoms with van der Waals surface area (Å²) < 4.78 is 0. The predicted molar refractivity (Wildman–Crippen MR) is 108 cm³/mol. The molecule has 1 aliphatic heterocycles. The summed E-state index contributed by atoms with van der Waals surface area (Å²) in [6, 6.07) is 8.29. The minimum absolute atomic E-state index is 0.0527. The smallest absolute Gasteiger partial charge is 0.258 e. The van der Waals surface area contributed by atoms with Crippen LogP contribution in [-0.4, -0.2) is 5.91 Å². The number of benzene rings is 1. The Bertz CT molecular complexity index is 850. The average Bonchev–Trinajstić information content (AvgIpc) is 2.96. The van der Waals surface area contributed by atoms with Crippen LogP contribution in [0.15, 0.2) is 29.2 Å². The Balaban J connectivity index is 1.48. The van der Waals surface area contributed by atoms with Crippen molar-refractivity contribution in [2.24, 2.45) is 5.92 Å². The van der Waals surface area contributed by atoms with Crippen LogP contribution in [0, 0.1) is 12.8 Å². The summed E-state index contributed by atoms with van der Waals surface area (Å²) in [5.41, 5.74) is 5.45. The standard InChI is InChI=1S/C21H23NOS2/c1-13-4-3-5-15(8-13)11-22-21(23)20-10-19-17(12-24-20)16-7-6-14(2)9-18(16)25-19/h3-5,8,10,14H,6-7,9,11-12H2,1-2H3,(H,22,23)/t14-/m1/s1. The lowest BCUT2D eigenvalue weighted by Gasteiger charge is -2.20. The van der Waals surface area contributed by atoms with Crippen LogP contribution in [0.25, 0.3) is 6.08 Å². The lowest BCUT2D eigenvalue weighted by atomic mass is 9.88. The van der Waals surface area contributed by atoms with Crippen molar-refractivity contribution in [1.82, 2.24) is 5.32 Å². The molecule has 1 aliphatic carbocycles. The molecule has 0 unspecified atom stereocenters. The fourth-order valence-corrected chi connectivity index (χ4v) is 6.32. The fourth-order valence-electron chi connectivity index (χ4n) is 3.65. The molecular weight excluding hydrogens is 346 g/mol. The maximum absolute atomic E-state index is 12.6. The van der Waals surface area contributed by atoms with Crippen LogP contribution in [0.5, 0.6) is 0 Å². The number of hydrogen-bond donors (Lipinski definition) is 1. The molecule has 1 N–H and O–H groups in total. The Kier molecular flexibility index (Phi) is 4.74. The molecule has 130 valence electrons. The van der Waals surface area contributed by atoms with Gasteiger partial charge in [0.05, 0.1) is 4.91 Å². The minimum atomic E-state index is 0.0527. The van der Waals surface area contributed by atoms with Crippen molar-refractivity contribution in [3.63, 3.8) is 0 Å². The molecule has 0 radical (unpaired) electrons. The Labute approximate surface area is 157 Å². The van der Waals surface area contributed by atoms with Crippen LogP contribution < -0.4 is 5.32 Å². The van der Waals surface area contributed by atoms with Crippen LogP contribution in [0.2, 0.25) is 0 Å². The number of aryl methyl sites for hydroxylation is 1. The van der Waals surface area contributed by atoms with E-state index in [0.29, 0.717) is 6.54 Å². The minimum Gasteiger partial charge on any atom is -0.348 e. The van der Waals surface area contributed by atoms with Gasteiger partial charge in [0, 0.05) is 22.1 Å². The summed E-state index contributed by atoms with van der Waals surface area (Å²) in [5.74, 6) is 1.79. The molecule has 0 bridgehead atoms. The average molecular weight is 370 g/mol. The number of hydrogen-bond acceptors (Lipinski definition) is 3. The number of nitrogens with one attached hydrogen (secondary N) is 1. The molecule has 4 heteroatoms. The fraction of sp³-hybridized carbons (Fsp3) is 0.381. The molecule has 0 saturated carbocycles. The van der Waals surface area contributed by atoms with E-state index >= 15 is 0 Å². The van der Waals surface area contributed by atoms with E-state index in [1.54, 1.807) is 22.2 Å². The topological polar surface area (TPSA) is 29.1 Å². The van der Waals surface area contributed by atoms with Crippen molar-refractivity contribution in [2.75, 3.05) is 0 Å². The van der Waals surface area contributed by atoms with E-state index in [-0.39, 0.29) is 5.91 Å². The molecule has 1 aromatic carbocycles. The van der Waals surface area contributed by atoms with Crippen molar-refractivity contribution in [1.29, 1.82) is 0 Å². The Morgan fingerprint density at radius 2 is 2.20 bits per heavy atom. The molecule has 1 atom stereocenters. The lowest BCUT2D eigenvalue weighted by Crippen LogP contribution is -2.24. The van der Waals surface area contributed by atoms with Crippen molar-refractivity contribution in [3.8, 4) is 0 Å². The van der Waals surface area contributed by atoms with Gasteiger partial charge in [-0.3, -0.25) is 4.79 Å². The number of carbonyl (C=O) groups is 1. The van der Waals surface area contributed by atoms with Gasteiger partial charge in [-0.15, -0.1) is 23.1 Å². The number of rotatable bonds is 3. The molecule has 25 heavy (non-hydrogen) atoms. The SMILES string of the molecule is Cc1cccc(CNC(=O)C2=Cc3sc4c(c3CS2)CC[C@@H](C)C4)c1. The summed E-state index contributed by atoms with van der Waals surface area (Å²) in [4.78, 5) is 16.3.